The van der Waals surface area contributed by atoms with Crippen LogP contribution in [-0.4, -0.2) is 23.7 Å². The van der Waals surface area contributed by atoms with Crippen molar-refractivity contribution in [2.75, 3.05) is 18.6 Å². The molecule has 6 heteroatoms. The van der Waals surface area contributed by atoms with Crippen molar-refractivity contribution in [2.24, 2.45) is 5.92 Å². The maximum Gasteiger partial charge on any atom is 0.259 e. The van der Waals surface area contributed by atoms with E-state index in [1.165, 1.54) is 17.7 Å². The third-order valence-corrected chi connectivity index (χ3v) is 5.09. The molecule has 0 radical (unpaired) electrons. The van der Waals surface area contributed by atoms with Crippen LogP contribution in [0.25, 0.3) is 0 Å². The monoisotopic (exact) mass is 367 g/mol. The number of ether oxygens (including phenoxy) is 2. The number of methoxy groups -OCH3 is 1. The van der Waals surface area contributed by atoms with Gasteiger partial charge >= 0.3 is 0 Å². The number of aromatic nitrogens is 2. The van der Waals surface area contributed by atoms with E-state index in [4.69, 9.17) is 14.5 Å². The lowest BCUT2D eigenvalue weighted by Gasteiger charge is -2.24. The quantitative estimate of drug-likeness (QED) is 0.579. The highest BCUT2D eigenvalue weighted by atomic mass is 32.1. The minimum Gasteiger partial charge on any atom is -0.491 e. The first-order valence-electron chi connectivity index (χ1n) is 8.71. The molecular weight excluding hydrogens is 346 g/mol. The Balaban J connectivity index is 1.66. The molecule has 0 atom stereocenters. The summed E-state index contributed by atoms with van der Waals surface area (Å²) in [5.41, 5.74) is 2.93. The molecule has 0 N–H and O–H groups in total. The van der Waals surface area contributed by atoms with E-state index in [0.29, 0.717) is 30.7 Å². The Labute approximate surface area is 157 Å². The number of benzene rings is 1. The SMILES string of the molecule is COc1ccc(N(Cc2cncs2)c2ccccc2)nc1OCC1CC1. The summed E-state index contributed by atoms with van der Waals surface area (Å²) in [4.78, 5) is 12.3. The summed E-state index contributed by atoms with van der Waals surface area (Å²) in [5.74, 6) is 2.71. The highest BCUT2D eigenvalue weighted by molar-refractivity contribution is 7.09. The molecule has 0 amide bonds. The number of hydrogen-bond donors (Lipinski definition) is 0. The van der Waals surface area contributed by atoms with Crippen LogP contribution >= 0.6 is 11.3 Å². The standard InChI is InChI=1S/C20H21N3O2S/c1-24-18-9-10-19(22-20(18)25-13-15-7-8-15)23(12-17-11-21-14-26-17)16-5-3-2-4-6-16/h2-6,9-11,14-15H,7-8,12-13H2,1H3. The zero-order valence-electron chi connectivity index (χ0n) is 14.7. The number of pyridine rings is 1. The number of para-hydroxylation sites is 1. The van der Waals surface area contributed by atoms with Crippen LogP contribution in [0.4, 0.5) is 11.5 Å². The Kier molecular flexibility index (Phi) is 5.02. The fourth-order valence-electron chi connectivity index (χ4n) is 2.70. The van der Waals surface area contributed by atoms with E-state index in [0.717, 1.165) is 11.5 Å². The van der Waals surface area contributed by atoms with E-state index >= 15 is 0 Å². The molecule has 2 aromatic heterocycles. The zero-order chi connectivity index (χ0) is 17.8. The van der Waals surface area contributed by atoms with Gasteiger partial charge in [-0.05, 0) is 43.0 Å². The van der Waals surface area contributed by atoms with Crippen LogP contribution in [0.5, 0.6) is 11.6 Å². The lowest BCUT2D eigenvalue weighted by atomic mass is 10.2. The molecule has 3 aromatic rings. The summed E-state index contributed by atoms with van der Waals surface area (Å²) in [6.07, 6.45) is 4.38. The summed E-state index contributed by atoms with van der Waals surface area (Å²) in [5, 5.41) is 0. The maximum atomic E-state index is 5.94. The average Bonchev–Trinajstić information content (AvgIpc) is 3.38. The summed E-state index contributed by atoms with van der Waals surface area (Å²) in [6.45, 7) is 1.41. The summed E-state index contributed by atoms with van der Waals surface area (Å²) in [7, 11) is 1.65. The highest BCUT2D eigenvalue weighted by Gasteiger charge is 2.23. The number of thiazole rings is 1. The molecule has 1 saturated carbocycles. The van der Waals surface area contributed by atoms with Crippen LogP contribution in [0.2, 0.25) is 0 Å². The molecule has 0 bridgehead atoms. The normalized spacial score (nSPS) is 13.4. The molecule has 0 saturated heterocycles. The van der Waals surface area contributed by atoms with E-state index in [1.807, 2.05) is 42.0 Å². The van der Waals surface area contributed by atoms with Crippen LogP contribution in [0.15, 0.2) is 54.2 Å². The molecule has 0 aliphatic heterocycles. The predicted octanol–water partition coefficient (Wildman–Crippen LogP) is 4.67. The van der Waals surface area contributed by atoms with Crippen molar-refractivity contribution in [3.63, 3.8) is 0 Å². The summed E-state index contributed by atoms with van der Waals surface area (Å²) < 4.78 is 11.4. The van der Waals surface area contributed by atoms with Gasteiger partial charge in [0.15, 0.2) is 5.75 Å². The molecule has 26 heavy (non-hydrogen) atoms. The van der Waals surface area contributed by atoms with Gasteiger partial charge in [-0.2, -0.15) is 4.98 Å². The molecule has 134 valence electrons. The third kappa shape index (κ3) is 3.96. The second kappa shape index (κ2) is 7.74. The van der Waals surface area contributed by atoms with Crippen molar-refractivity contribution in [3.05, 3.63) is 59.0 Å². The first-order chi connectivity index (χ1) is 12.8. The molecule has 1 fully saturated rings. The first-order valence-corrected chi connectivity index (χ1v) is 9.59. The zero-order valence-corrected chi connectivity index (χ0v) is 15.5. The Morgan fingerprint density at radius 3 is 2.69 bits per heavy atom. The van der Waals surface area contributed by atoms with Crippen LogP contribution in [0.3, 0.4) is 0 Å². The Morgan fingerprint density at radius 2 is 2.00 bits per heavy atom. The van der Waals surface area contributed by atoms with Crippen LogP contribution in [-0.2, 0) is 6.54 Å². The van der Waals surface area contributed by atoms with Crippen LogP contribution in [0.1, 0.15) is 17.7 Å². The van der Waals surface area contributed by atoms with Crippen molar-refractivity contribution < 1.29 is 9.47 Å². The lowest BCUT2D eigenvalue weighted by Crippen LogP contribution is -2.17. The minimum absolute atomic E-state index is 0.558. The van der Waals surface area contributed by atoms with Gasteiger partial charge < -0.3 is 14.4 Å². The van der Waals surface area contributed by atoms with E-state index in [1.54, 1.807) is 18.4 Å². The molecule has 2 heterocycles. The molecule has 1 aromatic carbocycles. The molecule has 5 nitrogen and oxygen atoms in total. The molecule has 0 spiro atoms. The molecule has 1 aliphatic rings. The minimum atomic E-state index is 0.558. The smallest absolute Gasteiger partial charge is 0.259 e. The predicted molar refractivity (Wildman–Crippen MR) is 103 cm³/mol. The van der Waals surface area contributed by atoms with Crippen molar-refractivity contribution in [3.8, 4) is 11.6 Å². The third-order valence-electron chi connectivity index (χ3n) is 4.33. The molecule has 0 unspecified atom stereocenters. The second-order valence-electron chi connectivity index (χ2n) is 6.32. The van der Waals surface area contributed by atoms with Gasteiger partial charge in [-0.25, -0.2) is 0 Å². The first kappa shape index (κ1) is 16.8. The Hall–Kier alpha value is -2.60. The fourth-order valence-corrected chi connectivity index (χ4v) is 3.28. The highest BCUT2D eigenvalue weighted by Crippen LogP contribution is 2.35. The van der Waals surface area contributed by atoms with Gasteiger partial charge in [0.2, 0.25) is 0 Å². The van der Waals surface area contributed by atoms with E-state index < -0.39 is 0 Å². The van der Waals surface area contributed by atoms with Gasteiger partial charge in [0.25, 0.3) is 5.88 Å². The van der Waals surface area contributed by atoms with E-state index in [2.05, 4.69) is 22.0 Å². The maximum absolute atomic E-state index is 5.94. The average molecular weight is 367 g/mol. The lowest BCUT2D eigenvalue weighted by molar-refractivity contribution is 0.269. The van der Waals surface area contributed by atoms with Gasteiger partial charge in [0.1, 0.15) is 5.82 Å². The van der Waals surface area contributed by atoms with Crippen molar-refractivity contribution >= 4 is 22.8 Å². The van der Waals surface area contributed by atoms with Crippen LogP contribution < -0.4 is 14.4 Å². The second-order valence-corrected chi connectivity index (χ2v) is 7.29. The van der Waals surface area contributed by atoms with Crippen molar-refractivity contribution in [2.45, 2.75) is 19.4 Å². The van der Waals surface area contributed by atoms with Gasteiger partial charge in [-0.3, -0.25) is 4.98 Å². The molecule has 4 rings (SSSR count). The Morgan fingerprint density at radius 1 is 1.15 bits per heavy atom. The van der Waals surface area contributed by atoms with Gasteiger partial charge in [0, 0.05) is 16.8 Å². The van der Waals surface area contributed by atoms with Crippen molar-refractivity contribution in [1.29, 1.82) is 0 Å². The van der Waals surface area contributed by atoms with Gasteiger partial charge in [0.05, 0.1) is 25.8 Å². The fraction of sp³-hybridized carbons (Fsp3) is 0.300. The number of hydrogen-bond acceptors (Lipinski definition) is 6. The van der Waals surface area contributed by atoms with Gasteiger partial charge in [-0.1, -0.05) is 18.2 Å². The van der Waals surface area contributed by atoms with Gasteiger partial charge in [-0.15, -0.1) is 11.3 Å². The Bertz CT molecular complexity index is 836. The van der Waals surface area contributed by atoms with E-state index in [9.17, 15) is 0 Å². The van der Waals surface area contributed by atoms with E-state index in [-0.39, 0.29) is 0 Å². The molecular formula is C20H21N3O2S. The summed E-state index contributed by atoms with van der Waals surface area (Å²) in [6, 6.07) is 14.1. The topological polar surface area (TPSA) is 47.5 Å². The largest absolute Gasteiger partial charge is 0.491 e. The summed E-state index contributed by atoms with van der Waals surface area (Å²) >= 11 is 1.64. The number of nitrogens with zero attached hydrogens (tertiary/aromatic N) is 3. The molecule has 1 aliphatic carbocycles. The number of rotatable bonds is 8. The number of anilines is 2. The van der Waals surface area contributed by atoms with Crippen molar-refractivity contribution in [1.82, 2.24) is 9.97 Å². The van der Waals surface area contributed by atoms with Crippen LogP contribution in [0, 0.1) is 5.92 Å².